The highest BCUT2D eigenvalue weighted by molar-refractivity contribution is 5.94. The maximum Gasteiger partial charge on any atom is 0.416 e. The van der Waals surface area contributed by atoms with Crippen LogP contribution in [0.4, 0.5) is 23.7 Å². The molecule has 6 nitrogen and oxygen atoms in total. The van der Waals surface area contributed by atoms with E-state index in [4.69, 9.17) is 0 Å². The molecule has 1 heterocycles. The molecule has 0 spiro atoms. The van der Waals surface area contributed by atoms with E-state index in [1.165, 1.54) is 12.1 Å². The Kier molecular flexibility index (Phi) is 8.49. The quantitative estimate of drug-likeness (QED) is 0.568. The van der Waals surface area contributed by atoms with Crippen LogP contribution in [0.5, 0.6) is 0 Å². The van der Waals surface area contributed by atoms with Crippen molar-refractivity contribution in [2.45, 2.75) is 89.6 Å². The number of anilines is 1. The van der Waals surface area contributed by atoms with Gasteiger partial charge in [-0.2, -0.15) is 13.2 Å². The summed E-state index contributed by atoms with van der Waals surface area (Å²) in [5, 5.41) is 5.09. The van der Waals surface area contributed by atoms with Crippen molar-refractivity contribution in [3.63, 3.8) is 0 Å². The van der Waals surface area contributed by atoms with Gasteiger partial charge in [0.2, 0.25) is 5.91 Å². The summed E-state index contributed by atoms with van der Waals surface area (Å²) < 4.78 is 38.8. The monoisotopic (exact) mass is 482 g/mol. The molecule has 2 fully saturated rings. The molecule has 0 bridgehead atoms. The Hall–Kier alpha value is -2.29. The van der Waals surface area contributed by atoms with Crippen LogP contribution in [0, 0.1) is 5.92 Å². The van der Waals surface area contributed by atoms with Crippen molar-refractivity contribution in [2.75, 3.05) is 18.9 Å². The van der Waals surface area contributed by atoms with Gasteiger partial charge in [-0.3, -0.25) is 4.79 Å². The van der Waals surface area contributed by atoms with Gasteiger partial charge < -0.3 is 20.4 Å². The van der Waals surface area contributed by atoms with Gasteiger partial charge >= 0.3 is 12.2 Å². The van der Waals surface area contributed by atoms with Gasteiger partial charge in [0.15, 0.2) is 0 Å². The van der Waals surface area contributed by atoms with E-state index in [1.807, 2.05) is 4.90 Å². The van der Waals surface area contributed by atoms with E-state index in [1.54, 1.807) is 0 Å². The zero-order valence-electron chi connectivity index (χ0n) is 20.5. The Morgan fingerprint density at radius 3 is 2.62 bits per heavy atom. The fraction of sp³-hybridized carbons (Fsp3) is 0.680. The van der Waals surface area contributed by atoms with E-state index < -0.39 is 23.8 Å². The maximum atomic E-state index is 13.2. The van der Waals surface area contributed by atoms with Crippen molar-refractivity contribution >= 4 is 17.6 Å². The summed E-state index contributed by atoms with van der Waals surface area (Å²) in [6, 6.07) is 4.27. The van der Waals surface area contributed by atoms with Crippen LogP contribution in [-0.4, -0.2) is 59.5 Å². The largest absolute Gasteiger partial charge is 0.416 e. The molecule has 0 radical (unpaired) electrons. The number of carbonyl (C=O) groups excluding carboxylic acids is 2. The third-order valence-corrected chi connectivity index (χ3v) is 7.36. The van der Waals surface area contributed by atoms with Crippen molar-refractivity contribution in [3.8, 4) is 0 Å². The standard InChI is InChI=1S/C25H37F3N4O2/c1-5-7-17-14-20(31(4)16(2)3)10-11-22(17)32-13-12-21(23(32)33)30-24(34)29-19-9-6-8-18(15-19)25(26,27)28/h6,8-9,15-17,20-22H,5,7,10-14H2,1-4H3,(H2,29,30,34)/t17-,20+,21-,22-/m0/s1. The molecule has 3 rings (SSSR count). The van der Waals surface area contributed by atoms with E-state index in [0.29, 0.717) is 31.0 Å². The van der Waals surface area contributed by atoms with Crippen LogP contribution in [0.2, 0.25) is 0 Å². The minimum absolute atomic E-state index is 0.0326. The van der Waals surface area contributed by atoms with Gasteiger partial charge in [0, 0.05) is 30.4 Å². The van der Waals surface area contributed by atoms with Crippen molar-refractivity contribution in [2.24, 2.45) is 5.92 Å². The Morgan fingerprint density at radius 2 is 1.97 bits per heavy atom. The highest BCUT2D eigenvalue weighted by Crippen LogP contribution is 2.36. The molecule has 2 N–H and O–H groups in total. The molecule has 2 aliphatic rings. The van der Waals surface area contributed by atoms with Crippen LogP contribution in [-0.2, 0) is 11.0 Å². The van der Waals surface area contributed by atoms with E-state index in [0.717, 1.165) is 44.2 Å². The number of amides is 3. The molecule has 0 aromatic heterocycles. The zero-order valence-corrected chi connectivity index (χ0v) is 20.5. The average molecular weight is 483 g/mol. The SMILES string of the molecule is CCC[C@H]1C[C@H](N(C)C(C)C)CC[C@@H]1N1CC[C@H](NC(=O)Nc2cccc(C(F)(F)F)c2)C1=O. The summed E-state index contributed by atoms with van der Waals surface area (Å²) in [7, 11) is 2.17. The van der Waals surface area contributed by atoms with Crippen LogP contribution in [0.25, 0.3) is 0 Å². The maximum absolute atomic E-state index is 13.2. The Labute approximate surface area is 200 Å². The predicted octanol–water partition coefficient (Wildman–Crippen LogP) is 5.11. The summed E-state index contributed by atoms with van der Waals surface area (Å²) >= 11 is 0. The number of carbonyl (C=O) groups is 2. The van der Waals surface area contributed by atoms with Crippen molar-refractivity contribution < 1.29 is 22.8 Å². The normalized spacial score (nSPS) is 25.8. The van der Waals surface area contributed by atoms with Gasteiger partial charge in [0.25, 0.3) is 0 Å². The fourth-order valence-electron chi connectivity index (χ4n) is 5.37. The molecule has 34 heavy (non-hydrogen) atoms. The first-order valence-electron chi connectivity index (χ1n) is 12.3. The van der Waals surface area contributed by atoms with Crippen molar-refractivity contribution in [1.82, 2.24) is 15.1 Å². The van der Waals surface area contributed by atoms with Gasteiger partial charge in [-0.05, 0) is 77.1 Å². The van der Waals surface area contributed by atoms with Crippen molar-refractivity contribution in [3.05, 3.63) is 29.8 Å². The summed E-state index contributed by atoms with van der Waals surface area (Å²) in [5.74, 6) is 0.326. The molecule has 190 valence electrons. The number of likely N-dealkylation sites (tertiary alicyclic amines) is 1. The molecule has 1 aliphatic carbocycles. The molecule has 1 aliphatic heterocycles. The molecule has 0 unspecified atom stereocenters. The lowest BCUT2D eigenvalue weighted by atomic mass is 9.77. The summed E-state index contributed by atoms with van der Waals surface area (Å²) in [6.07, 6.45) is 1.17. The second-order valence-corrected chi connectivity index (χ2v) is 9.89. The molecule has 1 saturated carbocycles. The molecule has 3 amide bonds. The van der Waals surface area contributed by atoms with E-state index >= 15 is 0 Å². The molecule has 4 atom stereocenters. The lowest BCUT2D eigenvalue weighted by Crippen LogP contribution is -2.52. The van der Waals surface area contributed by atoms with Crippen LogP contribution in [0.15, 0.2) is 24.3 Å². The highest BCUT2D eigenvalue weighted by Gasteiger charge is 2.42. The number of rotatable bonds is 7. The summed E-state index contributed by atoms with van der Waals surface area (Å²) in [4.78, 5) is 30.0. The second kappa shape index (κ2) is 11.0. The van der Waals surface area contributed by atoms with Gasteiger partial charge in [-0.1, -0.05) is 19.4 Å². The smallest absolute Gasteiger partial charge is 0.338 e. The number of nitrogens with one attached hydrogen (secondary N) is 2. The van der Waals surface area contributed by atoms with E-state index in [9.17, 15) is 22.8 Å². The highest BCUT2D eigenvalue weighted by atomic mass is 19.4. The van der Waals surface area contributed by atoms with Gasteiger partial charge in [0.05, 0.1) is 5.56 Å². The lowest BCUT2D eigenvalue weighted by Gasteiger charge is -2.44. The first-order valence-corrected chi connectivity index (χ1v) is 12.3. The number of hydrogen-bond acceptors (Lipinski definition) is 3. The Morgan fingerprint density at radius 1 is 1.24 bits per heavy atom. The number of hydrogen-bond donors (Lipinski definition) is 2. The van der Waals surface area contributed by atoms with Crippen LogP contribution in [0.1, 0.15) is 64.9 Å². The van der Waals surface area contributed by atoms with E-state index in [-0.39, 0.29) is 17.6 Å². The third kappa shape index (κ3) is 6.23. The molecular weight excluding hydrogens is 445 g/mol. The van der Waals surface area contributed by atoms with Gasteiger partial charge in [-0.25, -0.2) is 4.79 Å². The summed E-state index contributed by atoms with van der Waals surface area (Å²) in [6.45, 7) is 7.15. The number of halogens is 3. The number of benzene rings is 1. The molecule has 1 aromatic carbocycles. The van der Waals surface area contributed by atoms with Crippen LogP contribution in [0.3, 0.4) is 0 Å². The number of alkyl halides is 3. The second-order valence-electron chi connectivity index (χ2n) is 9.89. The Bertz CT molecular complexity index is 861. The minimum Gasteiger partial charge on any atom is -0.338 e. The predicted molar refractivity (Wildman–Crippen MR) is 126 cm³/mol. The average Bonchev–Trinajstić information content (AvgIpc) is 3.12. The Balaban J connectivity index is 1.60. The van der Waals surface area contributed by atoms with Crippen molar-refractivity contribution in [1.29, 1.82) is 0 Å². The van der Waals surface area contributed by atoms with Gasteiger partial charge in [-0.15, -0.1) is 0 Å². The van der Waals surface area contributed by atoms with Gasteiger partial charge in [0.1, 0.15) is 6.04 Å². The first-order chi connectivity index (χ1) is 16.0. The van der Waals surface area contributed by atoms with Crippen LogP contribution >= 0.6 is 0 Å². The third-order valence-electron chi connectivity index (χ3n) is 7.36. The minimum atomic E-state index is -4.49. The zero-order chi connectivity index (χ0) is 25.0. The van der Waals surface area contributed by atoms with Crippen LogP contribution < -0.4 is 10.6 Å². The molecule has 1 aromatic rings. The molecular formula is C25H37F3N4O2. The topological polar surface area (TPSA) is 64.7 Å². The first kappa shape index (κ1) is 26.3. The number of nitrogens with zero attached hydrogens (tertiary/aromatic N) is 2. The number of urea groups is 1. The molecule has 9 heteroatoms. The lowest BCUT2D eigenvalue weighted by molar-refractivity contribution is -0.137. The summed E-state index contributed by atoms with van der Waals surface area (Å²) in [5.41, 5.74) is -0.806. The fourth-order valence-corrected chi connectivity index (χ4v) is 5.37. The molecule has 1 saturated heterocycles. The van der Waals surface area contributed by atoms with E-state index in [2.05, 4.69) is 43.4 Å².